The van der Waals surface area contributed by atoms with Crippen LogP contribution in [-0.4, -0.2) is 12.1 Å². The van der Waals surface area contributed by atoms with E-state index in [9.17, 15) is 39.5 Å². The molecule has 0 fully saturated rings. The van der Waals surface area contributed by atoms with Crippen LogP contribution in [-0.2, 0) is 6.18 Å². The molecule has 0 aliphatic carbocycles. The molecule has 1 nitrogen and oxygen atoms in total. The quantitative estimate of drug-likeness (QED) is 0.820. The Morgan fingerprint density at radius 1 is 0.900 bits per heavy atom. The molecule has 1 rings (SSSR count). The molecule has 0 radical (unpaired) electrons. The lowest BCUT2D eigenvalue weighted by molar-refractivity contribution is -0.291. The summed E-state index contributed by atoms with van der Waals surface area (Å²) in [6, 6.07) is -3.01. The molecule has 1 atom stereocenters. The van der Waals surface area contributed by atoms with Gasteiger partial charge in [0.1, 0.15) is 11.9 Å². The van der Waals surface area contributed by atoms with Crippen LogP contribution in [0.2, 0.25) is 0 Å². The van der Waals surface area contributed by atoms with Gasteiger partial charge in [0.25, 0.3) is 0 Å². The average molecular weight is 311 g/mol. The second kappa shape index (κ2) is 4.83. The van der Waals surface area contributed by atoms with Gasteiger partial charge < -0.3 is 5.73 Å². The Hall–Kier alpha value is -1.45. The van der Waals surface area contributed by atoms with E-state index in [1.165, 1.54) is 0 Å². The summed E-state index contributed by atoms with van der Waals surface area (Å²) in [5.41, 5.74) is 1.74. The van der Waals surface area contributed by atoms with Crippen molar-refractivity contribution in [2.24, 2.45) is 5.73 Å². The highest BCUT2D eigenvalue weighted by molar-refractivity contribution is 5.30. The lowest BCUT2D eigenvalue weighted by Gasteiger charge is -2.26. The van der Waals surface area contributed by atoms with Crippen molar-refractivity contribution in [2.75, 3.05) is 0 Å². The molecule has 0 unspecified atom stereocenters. The second-order valence-corrected chi connectivity index (χ2v) is 3.83. The number of halogens is 9. The third kappa shape index (κ3) is 3.00. The molecule has 1 aromatic rings. The minimum atomic E-state index is -6.05. The van der Waals surface area contributed by atoms with Crippen LogP contribution in [0.15, 0.2) is 18.2 Å². The molecular formula is C10H6F9N. The van der Waals surface area contributed by atoms with Crippen molar-refractivity contribution in [1.82, 2.24) is 0 Å². The molecule has 0 aliphatic heterocycles. The van der Waals surface area contributed by atoms with Gasteiger partial charge in [-0.25, -0.2) is 4.39 Å². The molecule has 0 heterocycles. The first-order chi connectivity index (χ1) is 8.78. The maximum atomic E-state index is 13.3. The van der Waals surface area contributed by atoms with Crippen LogP contribution < -0.4 is 5.73 Å². The van der Waals surface area contributed by atoms with Crippen molar-refractivity contribution in [3.63, 3.8) is 0 Å². The molecule has 0 amide bonds. The van der Waals surface area contributed by atoms with Crippen molar-refractivity contribution in [3.05, 3.63) is 35.1 Å². The number of hydrogen-bond donors (Lipinski definition) is 1. The van der Waals surface area contributed by atoms with E-state index < -0.39 is 41.3 Å². The summed E-state index contributed by atoms with van der Waals surface area (Å²) in [4.78, 5) is 0. The molecular weight excluding hydrogens is 305 g/mol. The highest BCUT2D eigenvalue weighted by Gasteiger charge is 2.62. The highest BCUT2D eigenvalue weighted by Crippen LogP contribution is 2.44. The van der Waals surface area contributed by atoms with Crippen LogP contribution in [0, 0.1) is 5.82 Å². The summed E-state index contributed by atoms with van der Waals surface area (Å²) in [5, 5.41) is 0. The number of alkyl halides is 8. The number of hydrogen-bond acceptors (Lipinski definition) is 1. The maximum Gasteiger partial charge on any atom is 0.455 e. The highest BCUT2D eigenvalue weighted by atomic mass is 19.4. The summed E-state index contributed by atoms with van der Waals surface area (Å²) >= 11 is 0. The largest absolute Gasteiger partial charge is 0.455 e. The first kappa shape index (κ1) is 16.6. The smallest absolute Gasteiger partial charge is 0.319 e. The molecule has 0 saturated carbocycles. The lowest BCUT2D eigenvalue weighted by atomic mass is 9.99. The normalized spacial score (nSPS) is 15.3. The van der Waals surface area contributed by atoms with Crippen LogP contribution >= 0.6 is 0 Å². The number of benzene rings is 1. The molecule has 10 heteroatoms. The molecule has 1 aromatic carbocycles. The Morgan fingerprint density at radius 2 is 1.40 bits per heavy atom. The molecule has 0 bridgehead atoms. The predicted octanol–water partition coefficient (Wildman–Crippen LogP) is 4.04. The number of nitrogens with two attached hydrogens (primary N) is 1. The van der Waals surface area contributed by atoms with E-state index in [0.29, 0.717) is 0 Å². The fraction of sp³-hybridized carbons (Fsp3) is 0.400. The Labute approximate surface area is 106 Å². The lowest BCUT2D eigenvalue weighted by Crippen LogP contribution is -2.46. The van der Waals surface area contributed by atoms with E-state index in [-0.39, 0.29) is 18.2 Å². The van der Waals surface area contributed by atoms with Gasteiger partial charge in [0.05, 0.1) is 5.56 Å². The molecule has 20 heavy (non-hydrogen) atoms. The molecule has 0 spiro atoms. The van der Waals surface area contributed by atoms with Crippen LogP contribution in [0.5, 0.6) is 0 Å². The minimum absolute atomic E-state index is 0.155. The molecule has 114 valence electrons. The topological polar surface area (TPSA) is 26.0 Å². The van der Waals surface area contributed by atoms with E-state index in [2.05, 4.69) is 5.73 Å². The van der Waals surface area contributed by atoms with Crippen LogP contribution in [0.3, 0.4) is 0 Å². The standard InChI is InChI=1S/C10H6F9N/c11-6-3-4(9(14,15)16)1-2-5(6)7(20)8(12,13)10(17,18)19/h1-3,7H,20H2/t7-/m1/s1. The van der Waals surface area contributed by atoms with Crippen LogP contribution in [0.4, 0.5) is 39.5 Å². The maximum absolute atomic E-state index is 13.3. The van der Waals surface area contributed by atoms with E-state index in [1.807, 2.05) is 0 Å². The Balaban J connectivity index is 3.23. The van der Waals surface area contributed by atoms with E-state index in [4.69, 9.17) is 0 Å². The van der Waals surface area contributed by atoms with Gasteiger partial charge in [0.2, 0.25) is 0 Å². The van der Waals surface area contributed by atoms with E-state index >= 15 is 0 Å². The Bertz CT molecular complexity index is 488. The Kier molecular flexibility index (Phi) is 4.01. The summed E-state index contributed by atoms with van der Waals surface area (Å²) in [6.45, 7) is 0. The third-order valence-corrected chi connectivity index (χ3v) is 2.43. The van der Waals surface area contributed by atoms with Gasteiger partial charge >= 0.3 is 18.3 Å². The summed E-state index contributed by atoms with van der Waals surface area (Å²) in [6.07, 6.45) is -11.0. The zero-order valence-electron chi connectivity index (χ0n) is 9.29. The van der Waals surface area contributed by atoms with Gasteiger partial charge in [0, 0.05) is 5.56 Å². The van der Waals surface area contributed by atoms with Gasteiger partial charge in [-0.1, -0.05) is 6.07 Å². The van der Waals surface area contributed by atoms with Crippen LogP contribution in [0.1, 0.15) is 17.2 Å². The van der Waals surface area contributed by atoms with Gasteiger partial charge in [-0.2, -0.15) is 35.1 Å². The zero-order chi connectivity index (χ0) is 15.9. The summed E-state index contributed by atoms with van der Waals surface area (Å²) < 4.78 is 112. The van der Waals surface area contributed by atoms with Crippen LogP contribution in [0.25, 0.3) is 0 Å². The predicted molar refractivity (Wildman–Crippen MR) is 49.3 cm³/mol. The van der Waals surface area contributed by atoms with E-state index in [1.54, 1.807) is 0 Å². The van der Waals surface area contributed by atoms with Gasteiger partial charge in [-0.3, -0.25) is 0 Å². The summed E-state index contributed by atoms with van der Waals surface area (Å²) in [7, 11) is 0. The van der Waals surface area contributed by atoms with Gasteiger partial charge in [-0.05, 0) is 12.1 Å². The van der Waals surface area contributed by atoms with Crippen molar-refractivity contribution in [2.45, 2.75) is 24.3 Å². The minimum Gasteiger partial charge on any atom is -0.319 e. The van der Waals surface area contributed by atoms with Crippen molar-refractivity contribution >= 4 is 0 Å². The molecule has 0 saturated heterocycles. The first-order valence-electron chi connectivity index (χ1n) is 4.85. The van der Waals surface area contributed by atoms with Crippen molar-refractivity contribution in [3.8, 4) is 0 Å². The fourth-order valence-corrected chi connectivity index (χ4v) is 1.33. The van der Waals surface area contributed by atoms with Gasteiger partial charge in [-0.15, -0.1) is 0 Å². The third-order valence-electron chi connectivity index (χ3n) is 2.43. The fourth-order valence-electron chi connectivity index (χ4n) is 1.33. The summed E-state index contributed by atoms with van der Waals surface area (Å²) in [5.74, 6) is -7.37. The molecule has 2 N–H and O–H groups in total. The molecule has 0 aromatic heterocycles. The van der Waals surface area contributed by atoms with Crippen molar-refractivity contribution < 1.29 is 39.5 Å². The van der Waals surface area contributed by atoms with Gasteiger partial charge in [0.15, 0.2) is 0 Å². The van der Waals surface area contributed by atoms with E-state index in [0.717, 1.165) is 0 Å². The van der Waals surface area contributed by atoms with Crippen molar-refractivity contribution in [1.29, 1.82) is 0 Å². The monoisotopic (exact) mass is 311 g/mol. The Morgan fingerprint density at radius 3 is 1.75 bits per heavy atom. The SMILES string of the molecule is N[C@H](c1ccc(C(F)(F)F)cc1F)C(F)(F)C(F)(F)F. The zero-order valence-corrected chi connectivity index (χ0v) is 9.29. The molecule has 0 aliphatic rings. The second-order valence-electron chi connectivity index (χ2n) is 3.83. The number of rotatable bonds is 2. The first-order valence-corrected chi connectivity index (χ1v) is 4.85. The average Bonchev–Trinajstić information content (AvgIpc) is 2.25.